The zero-order valence-corrected chi connectivity index (χ0v) is 8.63. The molecule has 3 nitrogen and oxygen atoms in total. The maximum absolute atomic E-state index is 11.5. The lowest BCUT2D eigenvalue weighted by molar-refractivity contribution is -0.123. The van der Waals surface area contributed by atoms with E-state index in [1.54, 1.807) is 0 Å². The van der Waals surface area contributed by atoms with E-state index in [0.29, 0.717) is 5.92 Å². The summed E-state index contributed by atoms with van der Waals surface area (Å²) in [5, 5.41) is 13.0. The minimum absolute atomic E-state index is 0.0239. The number of hydrogen-bond acceptors (Lipinski definition) is 2. The summed E-state index contributed by atoms with van der Waals surface area (Å²) in [6.45, 7) is 1.96. The van der Waals surface area contributed by atoms with E-state index in [1.807, 2.05) is 19.1 Å². The Bertz CT molecular complexity index is 361. The zero-order chi connectivity index (χ0) is 10.6. The van der Waals surface area contributed by atoms with Crippen LogP contribution in [0, 0.1) is 23.7 Å². The fourth-order valence-corrected chi connectivity index (χ4v) is 3.37. The van der Waals surface area contributed by atoms with Gasteiger partial charge in [-0.3, -0.25) is 4.79 Å². The molecule has 1 saturated heterocycles. The van der Waals surface area contributed by atoms with Crippen LogP contribution in [0.3, 0.4) is 0 Å². The molecule has 3 unspecified atom stereocenters. The normalized spacial score (nSPS) is 51.5. The highest BCUT2D eigenvalue weighted by molar-refractivity contribution is 5.82. The maximum Gasteiger partial charge on any atom is 0.223 e. The summed E-state index contributed by atoms with van der Waals surface area (Å²) in [5.74, 6) is 0.886. The Balaban J connectivity index is 1.98. The molecular weight excluding hydrogens is 190 g/mol. The fraction of sp³-hybridized carbons (Fsp3) is 0.583. The monoisotopic (exact) mass is 205 g/mol. The van der Waals surface area contributed by atoms with E-state index in [0.717, 1.165) is 0 Å². The molecule has 1 heterocycles. The van der Waals surface area contributed by atoms with Crippen LogP contribution in [0.5, 0.6) is 0 Å². The molecule has 0 aromatic rings. The van der Waals surface area contributed by atoms with Gasteiger partial charge in [-0.2, -0.15) is 0 Å². The van der Waals surface area contributed by atoms with E-state index in [1.165, 1.54) is 0 Å². The van der Waals surface area contributed by atoms with Crippen molar-refractivity contribution in [1.29, 1.82) is 0 Å². The van der Waals surface area contributed by atoms with Crippen LogP contribution >= 0.6 is 0 Å². The number of fused-ring (bicyclic) bond motifs is 3. The molecule has 6 atom stereocenters. The number of allylic oxidation sites excluding steroid dienone is 3. The van der Waals surface area contributed by atoms with Crippen molar-refractivity contribution >= 4 is 5.91 Å². The molecule has 80 valence electrons. The molecule has 0 bridgehead atoms. The zero-order valence-electron chi connectivity index (χ0n) is 8.63. The summed E-state index contributed by atoms with van der Waals surface area (Å²) >= 11 is 0. The van der Waals surface area contributed by atoms with Gasteiger partial charge in [-0.1, -0.05) is 31.2 Å². The smallest absolute Gasteiger partial charge is 0.223 e. The van der Waals surface area contributed by atoms with Gasteiger partial charge in [0, 0.05) is 11.8 Å². The highest BCUT2D eigenvalue weighted by atomic mass is 16.3. The second kappa shape index (κ2) is 2.95. The Labute approximate surface area is 88.9 Å². The average Bonchev–Trinajstić information content (AvgIpc) is 2.68. The highest BCUT2D eigenvalue weighted by Crippen LogP contribution is 2.47. The number of rotatable bonds is 0. The Morgan fingerprint density at radius 2 is 1.93 bits per heavy atom. The predicted molar refractivity (Wildman–Crippen MR) is 55.9 cm³/mol. The Kier molecular flexibility index (Phi) is 1.80. The number of amides is 1. The molecule has 0 aromatic carbocycles. The first-order valence-electron chi connectivity index (χ1n) is 5.53. The van der Waals surface area contributed by atoms with Gasteiger partial charge in [-0.05, 0) is 11.8 Å². The van der Waals surface area contributed by atoms with Crippen molar-refractivity contribution in [1.82, 2.24) is 5.32 Å². The van der Waals surface area contributed by atoms with Crippen molar-refractivity contribution < 1.29 is 9.90 Å². The van der Waals surface area contributed by atoms with Gasteiger partial charge >= 0.3 is 0 Å². The summed E-state index contributed by atoms with van der Waals surface area (Å²) in [6, 6.07) is -0.0464. The van der Waals surface area contributed by atoms with Crippen molar-refractivity contribution in [3.05, 3.63) is 24.3 Å². The minimum atomic E-state index is -0.421. The molecule has 3 rings (SSSR count). The van der Waals surface area contributed by atoms with Gasteiger partial charge in [-0.25, -0.2) is 0 Å². The molecule has 1 saturated carbocycles. The lowest BCUT2D eigenvalue weighted by Crippen LogP contribution is -2.37. The molecule has 2 fully saturated rings. The number of carbonyl (C=O) groups is 1. The van der Waals surface area contributed by atoms with E-state index in [9.17, 15) is 9.90 Å². The third-order valence-electron chi connectivity index (χ3n) is 4.14. The van der Waals surface area contributed by atoms with Gasteiger partial charge in [0.05, 0.1) is 12.1 Å². The average molecular weight is 205 g/mol. The third-order valence-corrected chi connectivity index (χ3v) is 4.14. The first kappa shape index (κ1) is 9.16. The van der Waals surface area contributed by atoms with Crippen LogP contribution in [0.4, 0.5) is 0 Å². The van der Waals surface area contributed by atoms with Crippen molar-refractivity contribution in [3.63, 3.8) is 0 Å². The topological polar surface area (TPSA) is 49.3 Å². The number of aliphatic hydroxyl groups is 1. The molecule has 0 aromatic heterocycles. The molecule has 3 heteroatoms. The lowest BCUT2D eigenvalue weighted by Gasteiger charge is -2.23. The van der Waals surface area contributed by atoms with Crippen molar-refractivity contribution in [2.45, 2.75) is 19.1 Å². The second-order valence-electron chi connectivity index (χ2n) is 4.82. The lowest BCUT2D eigenvalue weighted by atomic mass is 9.80. The van der Waals surface area contributed by atoms with E-state index in [4.69, 9.17) is 0 Å². The van der Waals surface area contributed by atoms with Gasteiger partial charge in [-0.15, -0.1) is 0 Å². The molecule has 2 aliphatic carbocycles. The molecule has 15 heavy (non-hydrogen) atoms. The van der Waals surface area contributed by atoms with E-state index in [2.05, 4.69) is 17.5 Å². The standard InChI is InChI=1S/C12H15NO2/c1-6-9-7-4-2-3-5-8(7)11(14)10(9)13-12(6)15/h2-11,14H,1H3,(H,13,15)/t6-,7?,8?,9-,10-,11?/m0/s1. The van der Waals surface area contributed by atoms with Crippen molar-refractivity contribution in [2.24, 2.45) is 23.7 Å². The van der Waals surface area contributed by atoms with Gasteiger partial charge in [0.25, 0.3) is 0 Å². The van der Waals surface area contributed by atoms with E-state index in [-0.39, 0.29) is 29.7 Å². The van der Waals surface area contributed by atoms with Gasteiger partial charge in [0.2, 0.25) is 5.91 Å². The van der Waals surface area contributed by atoms with Crippen LogP contribution in [0.1, 0.15) is 6.92 Å². The van der Waals surface area contributed by atoms with Crippen LogP contribution < -0.4 is 5.32 Å². The van der Waals surface area contributed by atoms with Gasteiger partial charge in [0.15, 0.2) is 0 Å². The van der Waals surface area contributed by atoms with Crippen LogP contribution in [0.2, 0.25) is 0 Å². The van der Waals surface area contributed by atoms with Crippen LogP contribution in [-0.2, 0) is 4.79 Å². The second-order valence-corrected chi connectivity index (χ2v) is 4.82. The molecule has 3 aliphatic rings. The van der Waals surface area contributed by atoms with Crippen molar-refractivity contribution in [3.8, 4) is 0 Å². The summed E-state index contributed by atoms with van der Waals surface area (Å²) < 4.78 is 0. The summed E-state index contributed by atoms with van der Waals surface area (Å²) in [4.78, 5) is 11.5. The van der Waals surface area contributed by atoms with E-state index < -0.39 is 6.10 Å². The minimum Gasteiger partial charge on any atom is -0.390 e. The number of carbonyl (C=O) groups excluding carboxylic acids is 1. The molecular formula is C12H15NO2. The molecule has 1 amide bonds. The largest absolute Gasteiger partial charge is 0.390 e. The van der Waals surface area contributed by atoms with Gasteiger partial charge < -0.3 is 10.4 Å². The molecule has 1 aliphatic heterocycles. The van der Waals surface area contributed by atoms with Crippen LogP contribution in [0.15, 0.2) is 24.3 Å². The number of aliphatic hydroxyl groups excluding tert-OH is 1. The highest BCUT2D eigenvalue weighted by Gasteiger charge is 2.55. The molecule has 0 radical (unpaired) electrons. The Hall–Kier alpha value is -1.09. The maximum atomic E-state index is 11.5. The summed E-state index contributed by atoms with van der Waals surface area (Å²) in [5.41, 5.74) is 0. The van der Waals surface area contributed by atoms with Crippen LogP contribution in [0.25, 0.3) is 0 Å². The quantitative estimate of drug-likeness (QED) is 0.604. The Morgan fingerprint density at radius 3 is 2.67 bits per heavy atom. The molecule has 0 spiro atoms. The SMILES string of the molecule is C[C@@H]1C(=O)N[C@@H]2C(O)C3C=CC=CC3[C@H]12. The van der Waals surface area contributed by atoms with E-state index >= 15 is 0 Å². The number of hydrogen-bond donors (Lipinski definition) is 2. The Morgan fingerprint density at radius 1 is 1.27 bits per heavy atom. The van der Waals surface area contributed by atoms with Crippen LogP contribution in [-0.4, -0.2) is 23.2 Å². The first-order valence-corrected chi connectivity index (χ1v) is 5.53. The summed E-state index contributed by atoms with van der Waals surface area (Å²) in [6.07, 6.45) is 7.78. The summed E-state index contributed by atoms with van der Waals surface area (Å²) in [7, 11) is 0. The fourth-order valence-electron chi connectivity index (χ4n) is 3.37. The first-order chi connectivity index (χ1) is 7.20. The van der Waals surface area contributed by atoms with Crippen molar-refractivity contribution in [2.75, 3.05) is 0 Å². The van der Waals surface area contributed by atoms with Gasteiger partial charge in [0.1, 0.15) is 0 Å². The predicted octanol–water partition coefficient (Wildman–Crippen LogP) is 0.470. The molecule has 2 N–H and O–H groups in total. The number of nitrogens with one attached hydrogen (secondary N) is 1. The third kappa shape index (κ3) is 1.07.